The van der Waals surface area contributed by atoms with Gasteiger partial charge in [0.25, 0.3) is 5.91 Å². The number of nitrogens with one attached hydrogen (secondary N) is 1. The number of hydrogen-bond donors (Lipinski definition) is 1. The number of pyridine rings is 1. The zero-order valence-corrected chi connectivity index (χ0v) is 16.6. The summed E-state index contributed by atoms with van der Waals surface area (Å²) in [6.07, 6.45) is -3.20. The van der Waals surface area contributed by atoms with Gasteiger partial charge in [-0.2, -0.15) is 0 Å². The highest BCUT2D eigenvalue weighted by Gasteiger charge is 2.32. The lowest BCUT2D eigenvalue weighted by Gasteiger charge is -2.11. The predicted octanol–water partition coefficient (Wildman–Crippen LogP) is 4.93. The van der Waals surface area contributed by atoms with Crippen LogP contribution in [-0.2, 0) is 0 Å². The van der Waals surface area contributed by atoms with Crippen LogP contribution in [0.2, 0.25) is 5.02 Å². The highest BCUT2D eigenvalue weighted by molar-refractivity contribution is 6.32. The molecule has 158 valence electrons. The summed E-state index contributed by atoms with van der Waals surface area (Å²) in [5.74, 6) is -1.17. The Labute approximate surface area is 178 Å². The Kier molecular flexibility index (Phi) is 5.24. The molecule has 0 saturated heterocycles. The molecule has 0 radical (unpaired) electrons. The normalized spacial score (nSPS) is 11.5. The lowest BCUT2D eigenvalue weighted by Crippen LogP contribution is -2.17. The highest BCUT2D eigenvalue weighted by atomic mass is 35.5. The summed E-state index contributed by atoms with van der Waals surface area (Å²) < 4.78 is 42.4. The summed E-state index contributed by atoms with van der Waals surface area (Å²) in [6.45, 7) is 1.68. The zero-order chi connectivity index (χ0) is 22.2. The number of anilines is 1. The SMILES string of the molecule is Cc1c(C(=O)Nc2ccc(OC(F)(F)F)c(Cl)c2)nnn1-c1cccc2ncccc12. The Morgan fingerprint density at radius 1 is 1.16 bits per heavy atom. The number of alkyl halides is 3. The first-order valence-corrected chi connectivity index (χ1v) is 9.24. The van der Waals surface area contributed by atoms with Gasteiger partial charge in [0.15, 0.2) is 5.69 Å². The van der Waals surface area contributed by atoms with Crippen LogP contribution in [0.25, 0.3) is 16.6 Å². The van der Waals surface area contributed by atoms with Crippen molar-refractivity contribution < 1.29 is 22.7 Å². The van der Waals surface area contributed by atoms with Crippen LogP contribution in [0.5, 0.6) is 5.75 Å². The van der Waals surface area contributed by atoms with E-state index in [2.05, 4.69) is 25.3 Å². The Morgan fingerprint density at radius 3 is 2.71 bits per heavy atom. The quantitative estimate of drug-likeness (QED) is 0.480. The van der Waals surface area contributed by atoms with Crippen molar-refractivity contribution in [2.24, 2.45) is 0 Å². The number of halogens is 4. The van der Waals surface area contributed by atoms with Gasteiger partial charge in [-0.3, -0.25) is 9.78 Å². The summed E-state index contributed by atoms with van der Waals surface area (Å²) in [4.78, 5) is 17.0. The van der Waals surface area contributed by atoms with Crippen LogP contribution in [0.15, 0.2) is 54.7 Å². The molecule has 0 bridgehead atoms. The van der Waals surface area contributed by atoms with E-state index < -0.39 is 18.0 Å². The maximum atomic E-state index is 12.7. The lowest BCUT2D eigenvalue weighted by molar-refractivity contribution is -0.274. The van der Waals surface area contributed by atoms with Crippen molar-refractivity contribution in [1.29, 1.82) is 0 Å². The standard InChI is InChI=1S/C20H13ClF3N5O2/c1-11-18(19(30)26-12-7-8-17(14(21)10-12)31-20(22,23)24)27-28-29(11)16-6-2-5-15-13(16)4-3-9-25-15/h2-10H,1H3,(H,26,30). The number of ether oxygens (including phenoxy) is 1. The van der Waals surface area contributed by atoms with Gasteiger partial charge in [-0.05, 0) is 49.4 Å². The molecular weight excluding hydrogens is 435 g/mol. The van der Waals surface area contributed by atoms with E-state index in [9.17, 15) is 18.0 Å². The average molecular weight is 448 g/mol. The van der Waals surface area contributed by atoms with Gasteiger partial charge >= 0.3 is 6.36 Å². The van der Waals surface area contributed by atoms with Crippen LogP contribution >= 0.6 is 11.6 Å². The summed E-state index contributed by atoms with van der Waals surface area (Å²) in [7, 11) is 0. The molecule has 11 heteroatoms. The maximum absolute atomic E-state index is 12.7. The van der Waals surface area contributed by atoms with Crippen molar-refractivity contribution in [3.05, 3.63) is 71.1 Å². The van der Waals surface area contributed by atoms with Crippen LogP contribution in [-0.4, -0.2) is 32.2 Å². The molecule has 2 aromatic heterocycles. The molecule has 31 heavy (non-hydrogen) atoms. The first-order chi connectivity index (χ1) is 14.7. The molecule has 0 saturated carbocycles. The fraction of sp³-hybridized carbons (Fsp3) is 0.100. The molecule has 7 nitrogen and oxygen atoms in total. The molecule has 0 aliphatic heterocycles. The summed E-state index contributed by atoms with van der Waals surface area (Å²) >= 11 is 5.82. The minimum atomic E-state index is -4.87. The second kappa shape index (κ2) is 7.88. The topological polar surface area (TPSA) is 81.9 Å². The van der Waals surface area contributed by atoms with E-state index in [1.165, 1.54) is 10.7 Å². The molecule has 0 fully saturated rings. The number of benzene rings is 2. The zero-order valence-electron chi connectivity index (χ0n) is 15.8. The Bertz CT molecular complexity index is 1280. The fourth-order valence-electron chi connectivity index (χ4n) is 3.02. The first kappa shape index (κ1) is 20.6. The minimum absolute atomic E-state index is 0.0487. The third-order valence-electron chi connectivity index (χ3n) is 4.38. The van der Waals surface area contributed by atoms with E-state index in [1.54, 1.807) is 19.2 Å². The van der Waals surface area contributed by atoms with Crippen LogP contribution in [0.3, 0.4) is 0 Å². The third kappa shape index (κ3) is 4.29. The number of carbonyl (C=O) groups excluding carboxylic acids is 1. The molecule has 2 heterocycles. The van der Waals surface area contributed by atoms with Crippen LogP contribution < -0.4 is 10.1 Å². The number of rotatable bonds is 4. The second-order valence-corrected chi connectivity index (χ2v) is 6.84. The molecule has 0 aliphatic rings. The summed E-state index contributed by atoms with van der Waals surface area (Å²) in [5, 5.41) is 11.1. The van der Waals surface area contributed by atoms with Gasteiger partial charge in [0.05, 0.1) is 21.9 Å². The number of hydrogen-bond acceptors (Lipinski definition) is 5. The average Bonchev–Trinajstić information content (AvgIpc) is 3.10. The van der Waals surface area contributed by atoms with E-state index >= 15 is 0 Å². The van der Waals surface area contributed by atoms with Crippen LogP contribution in [0, 0.1) is 6.92 Å². The van der Waals surface area contributed by atoms with Crippen molar-refractivity contribution in [1.82, 2.24) is 20.0 Å². The maximum Gasteiger partial charge on any atom is 0.573 e. The smallest absolute Gasteiger partial charge is 0.404 e. The number of amides is 1. The van der Waals surface area contributed by atoms with E-state index in [1.807, 2.05) is 24.3 Å². The van der Waals surface area contributed by atoms with Gasteiger partial charge in [-0.25, -0.2) is 4.68 Å². The molecular formula is C20H13ClF3N5O2. The van der Waals surface area contributed by atoms with Crippen molar-refractivity contribution in [2.75, 3.05) is 5.32 Å². The number of aromatic nitrogens is 4. The Balaban J connectivity index is 1.60. The van der Waals surface area contributed by atoms with Gasteiger partial charge in [0.1, 0.15) is 5.75 Å². The van der Waals surface area contributed by atoms with Gasteiger partial charge in [0, 0.05) is 17.3 Å². The monoisotopic (exact) mass is 447 g/mol. The van der Waals surface area contributed by atoms with Crippen molar-refractivity contribution in [3.63, 3.8) is 0 Å². The van der Waals surface area contributed by atoms with Gasteiger partial charge in [-0.15, -0.1) is 18.3 Å². The summed E-state index contributed by atoms with van der Waals surface area (Å²) in [5.41, 5.74) is 2.15. The van der Waals surface area contributed by atoms with E-state index in [4.69, 9.17) is 11.6 Å². The van der Waals surface area contributed by atoms with Crippen LogP contribution in [0.1, 0.15) is 16.2 Å². The minimum Gasteiger partial charge on any atom is -0.404 e. The van der Waals surface area contributed by atoms with E-state index in [0.717, 1.165) is 23.0 Å². The van der Waals surface area contributed by atoms with Crippen molar-refractivity contribution in [2.45, 2.75) is 13.3 Å². The molecule has 0 atom stereocenters. The van der Waals surface area contributed by atoms with Gasteiger partial charge in [0.2, 0.25) is 0 Å². The molecule has 0 spiro atoms. The molecule has 1 amide bonds. The van der Waals surface area contributed by atoms with Gasteiger partial charge < -0.3 is 10.1 Å². The molecule has 0 unspecified atom stereocenters. The predicted molar refractivity (Wildman–Crippen MR) is 107 cm³/mol. The lowest BCUT2D eigenvalue weighted by atomic mass is 10.2. The third-order valence-corrected chi connectivity index (χ3v) is 4.67. The molecule has 0 aliphatic carbocycles. The number of nitrogens with zero attached hydrogens (tertiary/aromatic N) is 4. The van der Waals surface area contributed by atoms with Gasteiger partial charge in [-0.1, -0.05) is 22.9 Å². The summed E-state index contributed by atoms with van der Waals surface area (Å²) in [6, 6.07) is 12.6. The fourth-order valence-corrected chi connectivity index (χ4v) is 3.24. The second-order valence-electron chi connectivity index (χ2n) is 6.43. The van der Waals surface area contributed by atoms with Crippen molar-refractivity contribution >= 4 is 34.1 Å². The Morgan fingerprint density at radius 2 is 1.97 bits per heavy atom. The number of fused-ring (bicyclic) bond motifs is 1. The highest BCUT2D eigenvalue weighted by Crippen LogP contribution is 2.32. The molecule has 4 rings (SSSR count). The van der Waals surface area contributed by atoms with E-state index in [0.29, 0.717) is 11.4 Å². The Hall–Kier alpha value is -3.66. The molecule has 2 aromatic carbocycles. The van der Waals surface area contributed by atoms with E-state index in [-0.39, 0.29) is 16.4 Å². The van der Waals surface area contributed by atoms with Crippen LogP contribution in [0.4, 0.5) is 18.9 Å². The first-order valence-electron chi connectivity index (χ1n) is 8.86. The molecule has 4 aromatic rings. The van der Waals surface area contributed by atoms with Crippen molar-refractivity contribution in [3.8, 4) is 11.4 Å². The largest absolute Gasteiger partial charge is 0.573 e. The number of carbonyl (C=O) groups is 1. The molecule has 1 N–H and O–H groups in total.